The molecule has 2 atom stereocenters. The normalized spacial score (nSPS) is 22.4. The zero-order valence-corrected chi connectivity index (χ0v) is 26.2. The van der Waals surface area contributed by atoms with Gasteiger partial charge in [0.15, 0.2) is 0 Å². The number of aliphatic carboxylic acids is 1. The van der Waals surface area contributed by atoms with Crippen LogP contribution in [0.3, 0.4) is 0 Å². The van der Waals surface area contributed by atoms with E-state index in [2.05, 4.69) is 22.2 Å². The number of amides is 2. The Morgan fingerprint density at radius 3 is 2.14 bits per heavy atom. The molecule has 2 N–H and O–H groups in total. The molecule has 3 aromatic rings. The van der Waals surface area contributed by atoms with E-state index in [1.54, 1.807) is 0 Å². The second kappa shape index (κ2) is 13.4. The van der Waals surface area contributed by atoms with Gasteiger partial charge in [-0.2, -0.15) is 13.5 Å². The number of anilines is 1. The molecule has 0 saturated carbocycles. The Morgan fingerprint density at radius 2 is 1.43 bits per heavy atom. The number of hydrogen-bond donors (Lipinski definition) is 2. The Bertz CT molecular complexity index is 1480. The van der Waals surface area contributed by atoms with E-state index in [1.165, 1.54) is 0 Å². The van der Waals surface area contributed by atoms with Gasteiger partial charge in [0, 0.05) is 51.0 Å². The summed E-state index contributed by atoms with van der Waals surface area (Å²) in [5, 5.41) is 13.8. The van der Waals surface area contributed by atoms with Crippen molar-refractivity contribution in [1.29, 1.82) is 0 Å². The van der Waals surface area contributed by atoms with Gasteiger partial charge < -0.3 is 25.1 Å². The van der Waals surface area contributed by atoms with Crippen LogP contribution in [-0.2, 0) is 15.0 Å². The van der Waals surface area contributed by atoms with E-state index < -0.39 is 11.4 Å². The second-order valence-corrected chi connectivity index (χ2v) is 12.1. The predicted octanol–water partition coefficient (Wildman–Crippen LogP) is 4.22. The fraction of sp³-hybridized carbons (Fsp3) is 0.400. The van der Waals surface area contributed by atoms with Crippen molar-refractivity contribution >= 4 is 37.0 Å². The minimum absolute atomic E-state index is 0. The Kier molecular flexibility index (Phi) is 9.65. The van der Waals surface area contributed by atoms with Gasteiger partial charge in [-0.1, -0.05) is 66.7 Å². The fourth-order valence-corrected chi connectivity index (χ4v) is 7.18. The number of likely N-dealkylation sites (tertiary alicyclic amines) is 1. The fourth-order valence-electron chi connectivity index (χ4n) is 7.18. The highest BCUT2D eigenvalue weighted by atomic mass is 32.1. The average molecular weight is 615 g/mol. The van der Waals surface area contributed by atoms with Crippen molar-refractivity contribution in [1.82, 2.24) is 15.1 Å². The summed E-state index contributed by atoms with van der Waals surface area (Å²) in [4.78, 5) is 46.6. The van der Waals surface area contributed by atoms with Gasteiger partial charge in [-0.05, 0) is 61.6 Å². The molecule has 8 nitrogen and oxygen atoms in total. The van der Waals surface area contributed by atoms with Gasteiger partial charge in [-0.25, -0.2) is 0 Å². The number of nitrogens with one attached hydrogen (secondary N) is 1. The van der Waals surface area contributed by atoms with Crippen LogP contribution in [0.15, 0.2) is 78.9 Å². The SMILES string of the molecule is CN1CCN(c2ccccc2C(=O)NC2CCN(C(=O)[C@H]3CC[C@@](C(=O)O)(c4ccccc4)c4ccccc43)CC2)CC1.S. The largest absolute Gasteiger partial charge is 0.480 e. The summed E-state index contributed by atoms with van der Waals surface area (Å²) in [5.74, 6) is -1.28. The molecule has 44 heavy (non-hydrogen) atoms. The second-order valence-electron chi connectivity index (χ2n) is 12.1. The van der Waals surface area contributed by atoms with Crippen molar-refractivity contribution < 1.29 is 19.5 Å². The summed E-state index contributed by atoms with van der Waals surface area (Å²) in [7, 11) is 2.12. The van der Waals surface area contributed by atoms with Gasteiger partial charge in [0.2, 0.25) is 5.91 Å². The molecule has 232 valence electrons. The third kappa shape index (κ3) is 5.95. The molecular formula is C35H42N4O4S. The molecule has 0 radical (unpaired) electrons. The van der Waals surface area contributed by atoms with Crippen LogP contribution in [0.2, 0.25) is 0 Å². The van der Waals surface area contributed by atoms with Crippen LogP contribution in [0.25, 0.3) is 0 Å². The van der Waals surface area contributed by atoms with Crippen LogP contribution >= 0.6 is 13.5 Å². The van der Waals surface area contributed by atoms with Crippen molar-refractivity contribution in [2.75, 3.05) is 51.2 Å². The number of fused-ring (bicyclic) bond motifs is 1. The molecule has 0 bridgehead atoms. The highest BCUT2D eigenvalue weighted by Gasteiger charge is 2.49. The molecule has 2 aliphatic heterocycles. The van der Waals surface area contributed by atoms with E-state index >= 15 is 0 Å². The number of likely N-dealkylation sites (N-methyl/N-ethyl adjacent to an activating group) is 1. The maximum absolute atomic E-state index is 13.9. The van der Waals surface area contributed by atoms with E-state index in [0.717, 1.165) is 43.0 Å². The first-order valence-corrected chi connectivity index (χ1v) is 15.4. The zero-order valence-electron chi connectivity index (χ0n) is 25.2. The summed E-state index contributed by atoms with van der Waals surface area (Å²) in [6.07, 6.45) is 2.20. The number of carboxylic acids is 1. The Morgan fingerprint density at radius 1 is 0.795 bits per heavy atom. The lowest BCUT2D eigenvalue weighted by molar-refractivity contribution is -0.144. The number of rotatable bonds is 6. The summed E-state index contributed by atoms with van der Waals surface area (Å²) >= 11 is 0. The molecule has 2 saturated heterocycles. The van der Waals surface area contributed by atoms with E-state index in [9.17, 15) is 19.5 Å². The number of carbonyl (C=O) groups excluding carboxylic acids is 2. The number of carboxylic acid groups (broad SMARTS) is 1. The monoisotopic (exact) mass is 614 g/mol. The number of para-hydroxylation sites is 1. The molecule has 2 amide bonds. The molecular weight excluding hydrogens is 572 g/mol. The first-order chi connectivity index (χ1) is 20.9. The lowest BCUT2D eigenvalue weighted by atomic mass is 9.63. The van der Waals surface area contributed by atoms with Gasteiger partial charge in [0.05, 0.1) is 11.5 Å². The minimum atomic E-state index is -1.17. The minimum Gasteiger partial charge on any atom is -0.480 e. The number of benzene rings is 3. The van der Waals surface area contributed by atoms with Gasteiger partial charge in [0.25, 0.3) is 5.91 Å². The van der Waals surface area contributed by atoms with Crippen LogP contribution in [0.4, 0.5) is 5.69 Å². The number of hydrogen-bond acceptors (Lipinski definition) is 5. The number of nitrogens with zero attached hydrogens (tertiary/aromatic N) is 3. The third-order valence-corrected chi connectivity index (χ3v) is 9.67. The summed E-state index contributed by atoms with van der Waals surface area (Å²) in [5.41, 5.74) is 2.76. The average Bonchev–Trinajstić information content (AvgIpc) is 3.05. The number of piperidine rings is 1. The van der Waals surface area contributed by atoms with Crippen LogP contribution in [0, 0.1) is 0 Å². The molecule has 1 aliphatic carbocycles. The topological polar surface area (TPSA) is 93.2 Å². The van der Waals surface area contributed by atoms with Gasteiger partial charge >= 0.3 is 5.97 Å². The highest BCUT2D eigenvalue weighted by molar-refractivity contribution is 7.59. The van der Waals surface area contributed by atoms with Gasteiger partial charge in [-0.15, -0.1) is 0 Å². The Hall–Kier alpha value is -3.82. The summed E-state index contributed by atoms with van der Waals surface area (Å²) < 4.78 is 0. The van der Waals surface area contributed by atoms with Crippen molar-refractivity contribution in [3.63, 3.8) is 0 Å². The first kappa shape index (κ1) is 31.6. The van der Waals surface area contributed by atoms with Gasteiger partial charge in [-0.3, -0.25) is 14.4 Å². The molecule has 9 heteroatoms. The van der Waals surface area contributed by atoms with E-state index in [-0.39, 0.29) is 37.3 Å². The molecule has 0 unspecified atom stereocenters. The molecule has 0 aromatic heterocycles. The van der Waals surface area contributed by atoms with Crippen molar-refractivity contribution in [2.24, 2.45) is 0 Å². The molecule has 6 rings (SSSR count). The highest BCUT2D eigenvalue weighted by Crippen LogP contribution is 2.47. The predicted molar refractivity (Wildman–Crippen MR) is 177 cm³/mol. The number of carbonyl (C=O) groups is 3. The van der Waals surface area contributed by atoms with E-state index in [0.29, 0.717) is 49.9 Å². The third-order valence-electron chi connectivity index (χ3n) is 9.67. The van der Waals surface area contributed by atoms with E-state index in [4.69, 9.17) is 0 Å². The number of piperazine rings is 1. The maximum Gasteiger partial charge on any atom is 0.318 e. The quantitative estimate of drug-likeness (QED) is 0.432. The zero-order chi connectivity index (χ0) is 30.0. The summed E-state index contributed by atoms with van der Waals surface area (Å²) in [6.45, 7) is 4.85. The van der Waals surface area contributed by atoms with Crippen molar-refractivity contribution in [3.05, 3.63) is 101 Å². The van der Waals surface area contributed by atoms with Crippen LogP contribution in [-0.4, -0.2) is 85.0 Å². The summed E-state index contributed by atoms with van der Waals surface area (Å²) in [6, 6.07) is 24.7. The Balaban J connectivity index is 0.00000384. The lowest BCUT2D eigenvalue weighted by Gasteiger charge is -2.41. The molecule has 2 heterocycles. The Labute approximate surface area is 266 Å². The molecule has 2 fully saturated rings. The maximum atomic E-state index is 13.9. The van der Waals surface area contributed by atoms with Crippen molar-refractivity contribution in [3.8, 4) is 0 Å². The lowest BCUT2D eigenvalue weighted by Crippen LogP contribution is -2.49. The smallest absolute Gasteiger partial charge is 0.318 e. The van der Waals surface area contributed by atoms with Crippen LogP contribution < -0.4 is 10.2 Å². The van der Waals surface area contributed by atoms with Crippen molar-refractivity contribution in [2.45, 2.75) is 43.1 Å². The molecule has 3 aliphatic rings. The van der Waals surface area contributed by atoms with Crippen LogP contribution in [0.5, 0.6) is 0 Å². The first-order valence-electron chi connectivity index (χ1n) is 15.4. The standard InChI is InChI=1S/C35H40N4O4.H2S/c1-37-21-23-38(24-22-37)31-14-8-6-12-29(31)32(40)36-26-16-19-39(20-17-26)33(41)28-15-18-35(34(42)43,25-9-3-2-4-10-25)30-13-7-5-11-27(28)30;/h2-14,26,28H,15-24H2,1H3,(H,36,40)(H,42,43);1H2/t28-,35+;/m0./s1. The van der Waals surface area contributed by atoms with Crippen LogP contribution in [0.1, 0.15) is 58.6 Å². The van der Waals surface area contributed by atoms with Gasteiger partial charge in [0.1, 0.15) is 5.41 Å². The van der Waals surface area contributed by atoms with E-state index in [1.807, 2.05) is 83.8 Å². The molecule has 0 spiro atoms. The molecule has 3 aromatic carbocycles.